The third-order valence-electron chi connectivity index (χ3n) is 5.39. The van der Waals surface area contributed by atoms with Crippen molar-refractivity contribution in [2.45, 2.75) is 50.2 Å². The summed E-state index contributed by atoms with van der Waals surface area (Å²) >= 11 is 1.33. The summed E-state index contributed by atoms with van der Waals surface area (Å²) in [7, 11) is 3.38. The molecular formula is C21H29N5O3S. The summed E-state index contributed by atoms with van der Waals surface area (Å²) in [6, 6.07) is 7.44. The molecule has 1 aliphatic carbocycles. The van der Waals surface area contributed by atoms with Crippen LogP contribution in [0.4, 0.5) is 5.69 Å². The first-order valence-corrected chi connectivity index (χ1v) is 11.2. The maximum atomic E-state index is 12.4. The van der Waals surface area contributed by atoms with Crippen molar-refractivity contribution >= 4 is 29.3 Å². The van der Waals surface area contributed by atoms with Gasteiger partial charge in [-0.15, -0.1) is 10.2 Å². The van der Waals surface area contributed by atoms with Gasteiger partial charge in [0.25, 0.3) is 0 Å². The van der Waals surface area contributed by atoms with Gasteiger partial charge in [-0.1, -0.05) is 37.6 Å². The number of carbonyl (C=O) groups excluding carboxylic acids is 2. The van der Waals surface area contributed by atoms with Crippen molar-refractivity contribution in [1.29, 1.82) is 0 Å². The molecule has 2 N–H and O–H groups in total. The normalized spacial score (nSPS) is 18.6. The molecule has 1 heterocycles. The number of thioether (sulfide) groups is 1. The fourth-order valence-corrected chi connectivity index (χ4v) is 4.32. The zero-order chi connectivity index (χ0) is 21.5. The van der Waals surface area contributed by atoms with Gasteiger partial charge in [0, 0.05) is 24.8 Å². The number of nitrogens with zero attached hydrogens (tertiary/aromatic N) is 3. The number of hydrogen-bond donors (Lipinski definition) is 2. The Morgan fingerprint density at radius 2 is 2.03 bits per heavy atom. The number of ether oxygens (including phenoxy) is 1. The number of methoxy groups -OCH3 is 1. The summed E-state index contributed by atoms with van der Waals surface area (Å²) in [4.78, 5) is 24.7. The quantitative estimate of drug-likeness (QED) is 0.624. The van der Waals surface area contributed by atoms with E-state index in [2.05, 4.69) is 27.8 Å². The van der Waals surface area contributed by atoms with Crippen LogP contribution in [-0.2, 0) is 23.1 Å². The lowest BCUT2D eigenvalue weighted by atomic mass is 9.86. The van der Waals surface area contributed by atoms with Gasteiger partial charge in [-0.05, 0) is 30.9 Å². The van der Waals surface area contributed by atoms with Crippen LogP contribution in [0.25, 0.3) is 0 Å². The van der Waals surface area contributed by atoms with E-state index >= 15 is 0 Å². The topological polar surface area (TPSA) is 98.1 Å². The molecule has 1 aromatic heterocycles. The molecule has 0 bridgehead atoms. The Kier molecular flexibility index (Phi) is 7.73. The second-order valence-electron chi connectivity index (χ2n) is 7.64. The predicted molar refractivity (Wildman–Crippen MR) is 117 cm³/mol. The van der Waals surface area contributed by atoms with E-state index in [1.54, 1.807) is 30.9 Å². The average molecular weight is 432 g/mol. The molecule has 0 radical (unpaired) electrons. The van der Waals surface area contributed by atoms with Gasteiger partial charge >= 0.3 is 0 Å². The van der Waals surface area contributed by atoms with Crippen molar-refractivity contribution in [2.75, 3.05) is 18.2 Å². The van der Waals surface area contributed by atoms with Crippen LogP contribution in [0.2, 0.25) is 0 Å². The van der Waals surface area contributed by atoms with Gasteiger partial charge in [0.1, 0.15) is 11.6 Å². The smallest absolute Gasteiger partial charge is 0.232 e. The lowest BCUT2D eigenvalue weighted by Crippen LogP contribution is -2.41. The molecule has 9 heteroatoms. The lowest BCUT2D eigenvalue weighted by Gasteiger charge is -2.29. The molecule has 1 aromatic carbocycles. The first-order valence-electron chi connectivity index (χ1n) is 10.2. The first-order chi connectivity index (χ1) is 14.5. The molecule has 2 atom stereocenters. The zero-order valence-corrected chi connectivity index (χ0v) is 18.5. The summed E-state index contributed by atoms with van der Waals surface area (Å²) in [5.41, 5.74) is 0.657. The van der Waals surface area contributed by atoms with Gasteiger partial charge in [0.15, 0.2) is 5.16 Å². The van der Waals surface area contributed by atoms with Crippen molar-refractivity contribution < 1.29 is 14.3 Å². The third kappa shape index (κ3) is 5.98. The Morgan fingerprint density at radius 1 is 1.23 bits per heavy atom. The van der Waals surface area contributed by atoms with Crippen molar-refractivity contribution in [3.63, 3.8) is 0 Å². The Morgan fingerprint density at radius 3 is 2.80 bits per heavy atom. The van der Waals surface area contributed by atoms with Crippen LogP contribution < -0.4 is 15.4 Å². The van der Waals surface area contributed by atoms with Crippen LogP contribution in [0.5, 0.6) is 5.75 Å². The molecule has 3 rings (SSSR count). The molecule has 1 fully saturated rings. The van der Waals surface area contributed by atoms with Crippen LogP contribution >= 0.6 is 11.8 Å². The fraction of sp³-hybridized carbons (Fsp3) is 0.524. The molecule has 8 nitrogen and oxygen atoms in total. The van der Waals surface area contributed by atoms with Gasteiger partial charge in [-0.25, -0.2) is 0 Å². The Hall–Kier alpha value is -2.55. The van der Waals surface area contributed by atoms with Crippen molar-refractivity contribution in [3.05, 3.63) is 30.1 Å². The van der Waals surface area contributed by atoms with E-state index in [-0.39, 0.29) is 30.0 Å². The molecule has 162 valence electrons. The van der Waals surface area contributed by atoms with E-state index in [1.165, 1.54) is 31.0 Å². The molecule has 30 heavy (non-hydrogen) atoms. The van der Waals surface area contributed by atoms with Crippen molar-refractivity contribution in [3.8, 4) is 5.75 Å². The zero-order valence-electron chi connectivity index (χ0n) is 17.7. The van der Waals surface area contributed by atoms with Gasteiger partial charge in [0.05, 0.1) is 19.3 Å². The minimum Gasteiger partial charge on any atom is -0.497 e. The molecule has 1 aliphatic rings. The highest BCUT2D eigenvalue weighted by atomic mass is 32.2. The monoisotopic (exact) mass is 431 g/mol. The van der Waals surface area contributed by atoms with Crippen LogP contribution in [-0.4, -0.2) is 45.5 Å². The summed E-state index contributed by atoms with van der Waals surface area (Å²) in [5.74, 6) is 1.84. The molecule has 2 amide bonds. The summed E-state index contributed by atoms with van der Waals surface area (Å²) < 4.78 is 6.92. The molecular weight excluding hydrogens is 402 g/mol. The third-order valence-corrected chi connectivity index (χ3v) is 6.41. The van der Waals surface area contributed by atoms with Crippen LogP contribution in [0.1, 0.15) is 38.4 Å². The predicted octanol–water partition coefficient (Wildman–Crippen LogP) is 2.79. The molecule has 0 unspecified atom stereocenters. The minimum atomic E-state index is -0.195. The number of anilines is 1. The highest BCUT2D eigenvalue weighted by molar-refractivity contribution is 7.99. The van der Waals surface area contributed by atoms with E-state index in [4.69, 9.17) is 4.74 Å². The molecule has 2 aromatic rings. The van der Waals surface area contributed by atoms with E-state index in [0.29, 0.717) is 28.3 Å². The SMILES string of the molecule is COc1cccc(NC(=O)Cc2nnc(SCC(=O)N[C@H]3CCCC[C@H]3C)n2C)c1. The lowest BCUT2D eigenvalue weighted by molar-refractivity contribution is -0.120. The first kappa shape index (κ1) is 22.1. The van der Waals surface area contributed by atoms with Gasteiger partial charge in [0.2, 0.25) is 11.8 Å². The van der Waals surface area contributed by atoms with E-state index in [0.717, 1.165) is 6.42 Å². The second kappa shape index (κ2) is 10.5. The maximum Gasteiger partial charge on any atom is 0.232 e. The summed E-state index contributed by atoms with van der Waals surface area (Å²) in [6.07, 6.45) is 4.73. The highest BCUT2D eigenvalue weighted by Crippen LogP contribution is 2.24. The minimum absolute atomic E-state index is 0.0130. The number of amides is 2. The molecule has 0 aliphatic heterocycles. The standard InChI is InChI=1S/C21H29N5O3S/c1-14-7-4-5-10-17(14)23-20(28)13-30-21-25-24-18(26(21)2)12-19(27)22-15-8-6-9-16(11-15)29-3/h6,8-9,11,14,17H,4-5,7,10,12-13H2,1-3H3,(H,22,27)(H,23,28)/t14-,17+/m1/s1. The second-order valence-corrected chi connectivity index (χ2v) is 8.58. The van der Waals surface area contributed by atoms with Crippen LogP contribution in [0, 0.1) is 5.92 Å². The van der Waals surface area contributed by atoms with E-state index < -0.39 is 0 Å². The van der Waals surface area contributed by atoms with Crippen molar-refractivity contribution in [2.24, 2.45) is 13.0 Å². The average Bonchev–Trinajstić information content (AvgIpc) is 3.07. The number of nitrogens with one attached hydrogen (secondary N) is 2. The highest BCUT2D eigenvalue weighted by Gasteiger charge is 2.23. The molecule has 1 saturated carbocycles. The van der Waals surface area contributed by atoms with Gasteiger partial charge in [-0.2, -0.15) is 0 Å². The summed E-state index contributed by atoms with van der Waals surface area (Å²) in [6.45, 7) is 2.20. The summed E-state index contributed by atoms with van der Waals surface area (Å²) in [5, 5.41) is 14.8. The van der Waals surface area contributed by atoms with Gasteiger partial charge < -0.3 is 19.9 Å². The molecule has 0 saturated heterocycles. The number of hydrogen-bond acceptors (Lipinski definition) is 6. The fourth-order valence-electron chi connectivity index (χ4n) is 3.58. The maximum absolute atomic E-state index is 12.4. The Labute approximate surface area is 181 Å². The van der Waals surface area contributed by atoms with Crippen molar-refractivity contribution in [1.82, 2.24) is 20.1 Å². The van der Waals surface area contributed by atoms with E-state index in [1.807, 2.05) is 12.1 Å². The number of rotatable bonds is 8. The van der Waals surface area contributed by atoms with Gasteiger partial charge in [-0.3, -0.25) is 9.59 Å². The molecule has 0 spiro atoms. The van der Waals surface area contributed by atoms with Crippen LogP contribution in [0.3, 0.4) is 0 Å². The Bertz CT molecular complexity index is 885. The number of aromatic nitrogens is 3. The Balaban J connectivity index is 1.50. The van der Waals surface area contributed by atoms with Crippen LogP contribution in [0.15, 0.2) is 29.4 Å². The number of carbonyl (C=O) groups is 2. The largest absolute Gasteiger partial charge is 0.497 e. The van der Waals surface area contributed by atoms with E-state index in [9.17, 15) is 9.59 Å². The number of benzene rings is 1.